The van der Waals surface area contributed by atoms with Crippen molar-refractivity contribution < 1.29 is 0 Å². The zero-order chi connectivity index (χ0) is 19.5. The number of thiazole rings is 1. The topological polar surface area (TPSA) is 89.6 Å². The van der Waals surface area contributed by atoms with Crippen LogP contribution in [0.15, 0.2) is 42.6 Å². The third-order valence-electron chi connectivity index (χ3n) is 4.49. The standard InChI is InChI=1S/C21H22N6S/c1-13-5-3-7-16(25-13)19-20(28-21(22)27-19)17-9-8-15-18(26-17)11-14(12-24-15)6-4-10-23-2/h3,5,7-9,11-12,23H,4,6,10H2,1-2H3,(H2,22,27). The van der Waals surface area contributed by atoms with Crippen molar-refractivity contribution in [3.05, 3.63) is 53.9 Å². The highest BCUT2D eigenvalue weighted by Crippen LogP contribution is 2.36. The van der Waals surface area contributed by atoms with Gasteiger partial charge in [-0.3, -0.25) is 9.97 Å². The number of fused-ring (bicyclic) bond motifs is 1. The highest BCUT2D eigenvalue weighted by molar-refractivity contribution is 7.19. The van der Waals surface area contributed by atoms with E-state index in [-0.39, 0.29) is 0 Å². The summed E-state index contributed by atoms with van der Waals surface area (Å²) in [5, 5.41) is 3.68. The Morgan fingerprint density at radius 2 is 1.93 bits per heavy atom. The van der Waals surface area contributed by atoms with Gasteiger partial charge in [-0.1, -0.05) is 17.4 Å². The molecule has 0 atom stereocenters. The maximum Gasteiger partial charge on any atom is 0.181 e. The number of nitrogens with one attached hydrogen (secondary N) is 1. The Morgan fingerprint density at radius 1 is 1.04 bits per heavy atom. The minimum atomic E-state index is 0.508. The molecule has 0 amide bonds. The summed E-state index contributed by atoms with van der Waals surface area (Å²) in [6.07, 6.45) is 3.98. The van der Waals surface area contributed by atoms with Crippen LogP contribution in [0.4, 0.5) is 5.13 Å². The maximum absolute atomic E-state index is 6.03. The van der Waals surface area contributed by atoms with Gasteiger partial charge in [-0.15, -0.1) is 0 Å². The predicted molar refractivity (Wildman–Crippen MR) is 115 cm³/mol. The number of pyridine rings is 3. The molecule has 0 aliphatic rings. The van der Waals surface area contributed by atoms with E-state index in [0.717, 1.165) is 58.1 Å². The summed E-state index contributed by atoms with van der Waals surface area (Å²) in [4.78, 5) is 19.5. The van der Waals surface area contributed by atoms with Crippen molar-refractivity contribution in [1.29, 1.82) is 0 Å². The molecule has 28 heavy (non-hydrogen) atoms. The molecule has 0 aliphatic carbocycles. The second-order valence-corrected chi connectivity index (χ2v) is 7.71. The fourth-order valence-electron chi connectivity index (χ4n) is 3.14. The van der Waals surface area contributed by atoms with Gasteiger partial charge in [-0.05, 0) is 69.3 Å². The summed E-state index contributed by atoms with van der Waals surface area (Å²) >= 11 is 1.43. The summed E-state index contributed by atoms with van der Waals surface area (Å²) < 4.78 is 0. The predicted octanol–water partition coefficient (Wildman–Crippen LogP) is 3.86. The third kappa shape index (κ3) is 3.85. The Balaban J connectivity index is 1.75. The monoisotopic (exact) mass is 390 g/mol. The molecule has 0 bridgehead atoms. The highest BCUT2D eigenvalue weighted by atomic mass is 32.1. The molecule has 4 aromatic rings. The first-order chi connectivity index (χ1) is 13.6. The van der Waals surface area contributed by atoms with Crippen LogP contribution >= 0.6 is 11.3 Å². The lowest BCUT2D eigenvalue weighted by Gasteiger charge is -2.06. The molecule has 0 fully saturated rings. The molecule has 142 valence electrons. The van der Waals surface area contributed by atoms with E-state index in [1.54, 1.807) is 0 Å². The Kier molecular flexibility index (Phi) is 5.27. The minimum Gasteiger partial charge on any atom is -0.375 e. The van der Waals surface area contributed by atoms with E-state index in [9.17, 15) is 0 Å². The number of hydrogen-bond donors (Lipinski definition) is 2. The summed E-state index contributed by atoms with van der Waals surface area (Å²) in [5.41, 5.74) is 12.4. The molecule has 0 aliphatic heterocycles. The number of nitrogens with zero attached hydrogens (tertiary/aromatic N) is 4. The number of nitrogens with two attached hydrogens (primary N) is 1. The lowest BCUT2D eigenvalue weighted by molar-refractivity contribution is 0.724. The first-order valence-electron chi connectivity index (χ1n) is 9.25. The van der Waals surface area contributed by atoms with Gasteiger partial charge in [0.15, 0.2) is 5.13 Å². The van der Waals surface area contributed by atoms with Crippen LogP contribution < -0.4 is 11.1 Å². The van der Waals surface area contributed by atoms with E-state index < -0.39 is 0 Å². The molecule has 0 saturated carbocycles. The molecule has 4 aromatic heterocycles. The summed E-state index contributed by atoms with van der Waals surface area (Å²) in [6, 6.07) is 12.0. The highest BCUT2D eigenvalue weighted by Gasteiger charge is 2.16. The van der Waals surface area contributed by atoms with Crippen LogP contribution in [0.3, 0.4) is 0 Å². The lowest BCUT2D eigenvalue weighted by Crippen LogP contribution is -2.08. The van der Waals surface area contributed by atoms with Gasteiger partial charge >= 0.3 is 0 Å². The number of nitrogen functional groups attached to an aromatic ring is 1. The van der Waals surface area contributed by atoms with Gasteiger partial charge in [0.1, 0.15) is 5.69 Å². The zero-order valence-corrected chi connectivity index (χ0v) is 16.8. The quantitative estimate of drug-likeness (QED) is 0.486. The average Bonchev–Trinajstić information content (AvgIpc) is 3.09. The van der Waals surface area contributed by atoms with Crippen LogP contribution in [0, 0.1) is 6.92 Å². The molecule has 0 spiro atoms. The Labute approximate surface area is 167 Å². The Bertz CT molecular complexity index is 1120. The SMILES string of the molecule is CNCCCc1cnc2ccc(-c3sc(N)nc3-c3cccc(C)n3)nc2c1. The van der Waals surface area contributed by atoms with Crippen molar-refractivity contribution in [2.45, 2.75) is 19.8 Å². The average molecular weight is 391 g/mol. The molecule has 7 heteroatoms. The molecule has 0 unspecified atom stereocenters. The van der Waals surface area contributed by atoms with Crippen LogP contribution in [-0.4, -0.2) is 33.5 Å². The molecule has 0 aromatic carbocycles. The fraction of sp³-hybridized carbons (Fsp3) is 0.238. The van der Waals surface area contributed by atoms with E-state index in [4.69, 9.17) is 10.7 Å². The molecule has 4 rings (SSSR count). The van der Waals surface area contributed by atoms with Gasteiger partial charge in [0.25, 0.3) is 0 Å². The van der Waals surface area contributed by atoms with E-state index in [0.29, 0.717) is 5.13 Å². The molecular formula is C21H22N6S. The van der Waals surface area contributed by atoms with Gasteiger partial charge < -0.3 is 11.1 Å². The smallest absolute Gasteiger partial charge is 0.181 e. The molecule has 0 radical (unpaired) electrons. The van der Waals surface area contributed by atoms with Gasteiger partial charge in [0.2, 0.25) is 0 Å². The van der Waals surface area contributed by atoms with E-state index in [2.05, 4.69) is 26.3 Å². The molecule has 6 nitrogen and oxygen atoms in total. The summed E-state index contributed by atoms with van der Waals surface area (Å²) in [6.45, 7) is 2.95. The Morgan fingerprint density at radius 3 is 2.75 bits per heavy atom. The van der Waals surface area contributed by atoms with Crippen molar-refractivity contribution in [3.63, 3.8) is 0 Å². The first-order valence-corrected chi connectivity index (χ1v) is 10.1. The second-order valence-electron chi connectivity index (χ2n) is 6.68. The van der Waals surface area contributed by atoms with Gasteiger partial charge in [-0.25, -0.2) is 9.97 Å². The lowest BCUT2D eigenvalue weighted by atomic mass is 10.1. The largest absolute Gasteiger partial charge is 0.375 e. The van der Waals surface area contributed by atoms with E-state index in [1.807, 2.05) is 50.5 Å². The van der Waals surface area contributed by atoms with Crippen LogP contribution in [0.2, 0.25) is 0 Å². The summed E-state index contributed by atoms with van der Waals surface area (Å²) in [7, 11) is 1.97. The van der Waals surface area contributed by atoms with Gasteiger partial charge in [0, 0.05) is 11.9 Å². The zero-order valence-electron chi connectivity index (χ0n) is 15.9. The molecule has 3 N–H and O–H groups in total. The maximum atomic E-state index is 6.03. The summed E-state index contributed by atoms with van der Waals surface area (Å²) in [5.74, 6) is 0. The molecule has 0 saturated heterocycles. The number of hydrogen-bond acceptors (Lipinski definition) is 7. The molecule has 4 heterocycles. The Hall–Kier alpha value is -2.90. The number of aromatic nitrogens is 4. The first kappa shape index (κ1) is 18.5. The van der Waals surface area contributed by atoms with Crippen molar-refractivity contribution >= 4 is 27.5 Å². The van der Waals surface area contributed by atoms with Crippen molar-refractivity contribution in [2.75, 3.05) is 19.3 Å². The van der Waals surface area contributed by atoms with Crippen molar-refractivity contribution in [3.8, 4) is 22.0 Å². The van der Waals surface area contributed by atoms with Crippen LogP contribution in [0.5, 0.6) is 0 Å². The van der Waals surface area contributed by atoms with Crippen molar-refractivity contribution in [2.24, 2.45) is 0 Å². The van der Waals surface area contributed by atoms with Crippen LogP contribution in [0.25, 0.3) is 33.0 Å². The third-order valence-corrected chi connectivity index (χ3v) is 5.40. The normalized spacial score (nSPS) is 11.2. The van der Waals surface area contributed by atoms with E-state index >= 15 is 0 Å². The second kappa shape index (κ2) is 8.00. The van der Waals surface area contributed by atoms with Crippen LogP contribution in [-0.2, 0) is 6.42 Å². The van der Waals surface area contributed by atoms with Crippen LogP contribution in [0.1, 0.15) is 17.7 Å². The van der Waals surface area contributed by atoms with Gasteiger partial charge in [0.05, 0.1) is 27.3 Å². The minimum absolute atomic E-state index is 0.508. The number of rotatable bonds is 6. The van der Waals surface area contributed by atoms with Gasteiger partial charge in [-0.2, -0.15) is 0 Å². The number of anilines is 1. The van der Waals surface area contributed by atoms with E-state index in [1.165, 1.54) is 16.9 Å². The molecular weight excluding hydrogens is 368 g/mol. The van der Waals surface area contributed by atoms with Crippen molar-refractivity contribution in [1.82, 2.24) is 25.3 Å². The fourth-order valence-corrected chi connectivity index (χ4v) is 3.95. The number of aryl methyl sites for hydroxylation is 2.